The lowest BCUT2D eigenvalue weighted by molar-refractivity contribution is 0.368. The van der Waals surface area contributed by atoms with E-state index in [9.17, 15) is 0 Å². The Labute approximate surface area is 54.9 Å². The second-order valence-electron chi connectivity index (χ2n) is 2.53. The molecule has 1 heterocycles. The highest BCUT2D eigenvalue weighted by Gasteiger charge is 2.03. The zero-order valence-electron chi connectivity index (χ0n) is 6.01. The lowest BCUT2D eigenvalue weighted by Gasteiger charge is -1.92. The fourth-order valence-corrected chi connectivity index (χ4v) is 0.655. The summed E-state index contributed by atoms with van der Waals surface area (Å²) in [6.07, 6.45) is 0. The molecule has 0 saturated heterocycles. The van der Waals surface area contributed by atoms with Crippen molar-refractivity contribution in [2.24, 2.45) is 0 Å². The van der Waals surface area contributed by atoms with E-state index in [0.29, 0.717) is 5.92 Å². The third-order valence-electron chi connectivity index (χ3n) is 1.22. The van der Waals surface area contributed by atoms with Crippen molar-refractivity contribution in [3.63, 3.8) is 0 Å². The number of hydrogen-bond acceptors (Lipinski definition) is 2. The van der Waals surface area contributed by atoms with E-state index < -0.39 is 0 Å². The Morgan fingerprint density at radius 1 is 1.56 bits per heavy atom. The van der Waals surface area contributed by atoms with Crippen molar-refractivity contribution in [2.45, 2.75) is 26.7 Å². The van der Waals surface area contributed by atoms with Gasteiger partial charge in [-0.05, 0) is 6.92 Å². The van der Waals surface area contributed by atoms with Crippen LogP contribution in [0.2, 0.25) is 0 Å². The summed E-state index contributed by atoms with van der Waals surface area (Å²) >= 11 is 0. The van der Waals surface area contributed by atoms with Crippen LogP contribution in [0.3, 0.4) is 0 Å². The van der Waals surface area contributed by atoms with Gasteiger partial charge in [-0.15, -0.1) is 0 Å². The van der Waals surface area contributed by atoms with Gasteiger partial charge in [0.1, 0.15) is 5.76 Å². The minimum Gasteiger partial charge on any atom is -0.361 e. The molecule has 0 aliphatic rings. The van der Waals surface area contributed by atoms with E-state index in [1.807, 2.05) is 13.0 Å². The molecule has 0 amide bonds. The summed E-state index contributed by atoms with van der Waals surface area (Å²) in [7, 11) is 0. The smallest absolute Gasteiger partial charge is 0.139 e. The minimum atomic E-state index is 0.450. The van der Waals surface area contributed by atoms with Gasteiger partial charge >= 0.3 is 0 Å². The van der Waals surface area contributed by atoms with Crippen molar-refractivity contribution >= 4 is 0 Å². The molecule has 0 unspecified atom stereocenters. The van der Waals surface area contributed by atoms with Gasteiger partial charge in [0.05, 0.1) is 5.69 Å². The Balaban J connectivity index is 2.85. The summed E-state index contributed by atoms with van der Waals surface area (Å²) in [4.78, 5) is 0. The van der Waals surface area contributed by atoms with Crippen molar-refractivity contribution in [3.05, 3.63) is 17.5 Å². The van der Waals surface area contributed by atoms with E-state index in [-0.39, 0.29) is 0 Å². The van der Waals surface area contributed by atoms with Crippen molar-refractivity contribution in [2.75, 3.05) is 0 Å². The van der Waals surface area contributed by atoms with Crippen molar-refractivity contribution in [1.82, 2.24) is 5.16 Å². The molecule has 1 aromatic heterocycles. The molecule has 0 aliphatic heterocycles. The van der Waals surface area contributed by atoms with E-state index in [1.165, 1.54) is 0 Å². The average Bonchev–Trinajstić information content (AvgIpc) is 2.14. The van der Waals surface area contributed by atoms with Gasteiger partial charge in [0, 0.05) is 12.0 Å². The Kier molecular flexibility index (Phi) is 1.56. The quantitative estimate of drug-likeness (QED) is 0.574. The first-order valence-corrected chi connectivity index (χ1v) is 3.13. The number of aromatic nitrogens is 1. The van der Waals surface area contributed by atoms with Gasteiger partial charge in [0.25, 0.3) is 0 Å². The Morgan fingerprint density at radius 2 is 2.22 bits per heavy atom. The zero-order chi connectivity index (χ0) is 6.85. The summed E-state index contributed by atoms with van der Waals surface area (Å²) in [5.74, 6) is 1.42. The molecule has 0 bridgehead atoms. The van der Waals surface area contributed by atoms with Crippen LogP contribution in [-0.2, 0) is 0 Å². The average molecular weight is 125 g/mol. The Bertz CT molecular complexity index is 191. The van der Waals surface area contributed by atoms with E-state index >= 15 is 0 Å². The first-order valence-electron chi connectivity index (χ1n) is 3.13. The van der Waals surface area contributed by atoms with Gasteiger partial charge < -0.3 is 4.52 Å². The van der Waals surface area contributed by atoms with Gasteiger partial charge in [-0.2, -0.15) is 0 Å². The van der Waals surface area contributed by atoms with E-state index in [0.717, 1.165) is 11.5 Å². The molecule has 0 fully saturated rings. The molecule has 2 nitrogen and oxygen atoms in total. The van der Waals surface area contributed by atoms with Crippen LogP contribution in [0.5, 0.6) is 0 Å². The Morgan fingerprint density at radius 3 is 2.44 bits per heavy atom. The van der Waals surface area contributed by atoms with Crippen LogP contribution < -0.4 is 0 Å². The van der Waals surface area contributed by atoms with Crippen LogP contribution in [0.15, 0.2) is 10.6 Å². The lowest BCUT2D eigenvalue weighted by Crippen LogP contribution is -1.80. The highest BCUT2D eigenvalue weighted by Crippen LogP contribution is 2.13. The normalized spacial score (nSPS) is 10.7. The fraction of sp³-hybridized carbons (Fsp3) is 0.571. The molecule has 0 atom stereocenters. The largest absolute Gasteiger partial charge is 0.361 e. The van der Waals surface area contributed by atoms with E-state index in [2.05, 4.69) is 19.0 Å². The number of aryl methyl sites for hydroxylation is 1. The monoisotopic (exact) mass is 125 g/mol. The standard InChI is InChI=1S/C7H11NO/c1-5(2)7-4-6(3)8-9-7/h4-5H,1-3H3. The van der Waals surface area contributed by atoms with Crippen LogP contribution in [0.4, 0.5) is 0 Å². The van der Waals surface area contributed by atoms with E-state index in [1.54, 1.807) is 0 Å². The highest BCUT2D eigenvalue weighted by atomic mass is 16.5. The summed E-state index contributed by atoms with van der Waals surface area (Å²) in [6, 6.07) is 1.96. The molecular weight excluding hydrogens is 114 g/mol. The number of rotatable bonds is 1. The first-order chi connectivity index (χ1) is 4.20. The van der Waals surface area contributed by atoms with Crippen molar-refractivity contribution < 1.29 is 4.52 Å². The minimum absolute atomic E-state index is 0.450. The molecule has 0 saturated carbocycles. The maximum Gasteiger partial charge on any atom is 0.139 e. The maximum atomic E-state index is 4.98. The molecule has 0 N–H and O–H groups in total. The van der Waals surface area contributed by atoms with Gasteiger partial charge in [-0.25, -0.2) is 0 Å². The SMILES string of the molecule is Cc1cc(C(C)C)on1. The van der Waals surface area contributed by atoms with Crippen molar-refractivity contribution in [3.8, 4) is 0 Å². The molecule has 0 aromatic carbocycles. The molecule has 1 aromatic rings. The topological polar surface area (TPSA) is 26.0 Å². The van der Waals surface area contributed by atoms with Gasteiger partial charge in [0.2, 0.25) is 0 Å². The second kappa shape index (κ2) is 2.21. The molecule has 2 heteroatoms. The van der Waals surface area contributed by atoms with E-state index in [4.69, 9.17) is 4.52 Å². The molecular formula is C7H11NO. The summed E-state index contributed by atoms with van der Waals surface area (Å²) in [5, 5.41) is 3.76. The maximum absolute atomic E-state index is 4.98. The van der Waals surface area contributed by atoms with Crippen LogP contribution in [0, 0.1) is 6.92 Å². The van der Waals surface area contributed by atoms with Crippen LogP contribution >= 0.6 is 0 Å². The molecule has 0 spiro atoms. The number of nitrogens with zero attached hydrogens (tertiary/aromatic N) is 1. The van der Waals surface area contributed by atoms with Crippen molar-refractivity contribution in [1.29, 1.82) is 0 Å². The third kappa shape index (κ3) is 1.31. The fourth-order valence-electron chi connectivity index (χ4n) is 0.655. The first kappa shape index (κ1) is 6.33. The third-order valence-corrected chi connectivity index (χ3v) is 1.22. The highest BCUT2D eigenvalue weighted by molar-refractivity contribution is 5.06. The number of hydrogen-bond donors (Lipinski definition) is 0. The van der Waals surface area contributed by atoms with Gasteiger partial charge in [-0.1, -0.05) is 19.0 Å². The summed E-state index contributed by atoms with van der Waals surface area (Å²) in [5.41, 5.74) is 0.957. The van der Waals surface area contributed by atoms with Crippen LogP contribution in [0.1, 0.15) is 31.2 Å². The van der Waals surface area contributed by atoms with Gasteiger partial charge in [0.15, 0.2) is 0 Å². The van der Waals surface area contributed by atoms with Crippen LogP contribution in [-0.4, -0.2) is 5.16 Å². The predicted octanol–water partition coefficient (Wildman–Crippen LogP) is 2.11. The molecule has 0 radical (unpaired) electrons. The second-order valence-corrected chi connectivity index (χ2v) is 2.53. The lowest BCUT2D eigenvalue weighted by atomic mass is 10.1. The van der Waals surface area contributed by atoms with Gasteiger partial charge in [-0.3, -0.25) is 0 Å². The Hall–Kier alpha value is -0.790. The summed E-state index contributed by atoms with van der Waals surface area (Å²) in [6.45, 7) is 6.09. The summed E-state index contributed by atoms with van der Waals surface area (Å²) < 4.78 is 4.98. The molecule has 1 rings (SSSR count). The molecule has 9 heavy (non-hydrogen) atoms. The van der Waals surface area contributed by atoms with Crippen LogP contribution in [0.25, 0.3) is 0 Å². The predicted molar refractivity (Wildman–Crippen MR) is 35.3 cm³/mol. The zero-order valence-corrected chi connectivity index (χ0v) is 6.01. The molecule has 0 aliphatic carbocycles. The molecule has 50 valence electrons.